The molecule has 1 fully saturated rings. The number of benzene rings is 2. The maximum absolute atomic E-state index is 14.0. The number of ether oxygens (including phenoxy) is 1. The van der Waals surface area contributed by atoms with Gasteiger partial charge < -0.3 is 10.1 Å². The highest BCUT2D eigenvalue weighted by atomic mass is 35.5. The zero-order chi connectivity index (χ0) is 22.2. The molecule has 1 aliphatic rings. The number of thiazole rings is 1. The van der Waals surface area contributed by atoms with Crippen molar-refractivity contribution in [2.75, 3.05) is 25.5 Å². The summed E-state index contributed by atoms with van der Waals surface area (Å²) in [5.41, 5.74) is 0.570. The van der Waals surface area contributed by atoms with Gasteiger partial charge in [0.1, 0.15) is 22.0 Å². The first kappa shape index (κ1) is 21.9. The molecule has 0 unspecified atom stereocenters. The first-order valence-corrected chi connectivity index (χ1v) is 12.1. The van der Waals surface area contributed by atoms with Gasteiger partial charge in [0.2, 0.25) is 15.9 Å². The molecule has 0 atom stereocenters. The summed E-state index contributed by atoms with van der Waals surface area (Å²) in [5.74, 6) is -0.844. The van der Waals surface area contributed by atoms with Crippen LogP contribution in [0.3, 0.4) is 0 Å². The fourth-order valence-electron chi connectivity index (χ4n) is 3.53. The molecule has 7 nitrogen and oxygen atoms in total. The summed E-state index contributed by atoms with van der Waals surface area (Å²) in [4.78, 5) is 16.8. The van der Waals surface area contributed by atoms with Crippen molar-refractivity contribution in [2.45, 2.75) is 17.7 Å². The van der Waals surface area contributed by atoms with E-state index in [-0.39, 0.29) is 29.8 Å². The standard InChI is InChI=1S/C20H19ClFN3O4S2/c1-29-15-7-6-13(21)18-17(15)23-20(30-18)24-19(26)12-8-10-25(11-9-12)31(27,28)16-5-3-2-4-14(16)22/h2-7,12H,8-11H2,1H3,(H,23,24,26). The van der Waals surface area contributed by atoms with Gasteiger partial charge >= 0.3 is 0 Å². The average Bonchev–Trinajstić information content (AvgIpc) is 3.19. The van der Waals surface area contributed by atoms with Crippen molar-refractivity contribution in [3.8, 4) is 5.75 Å². The maximum Gasteiger partial charge on any atom is 0.245 e. The van der Waals surface area contributed by atoms with Crippen molar-refractivity contribution < 1.29 is 22.3 Å². The van der Waals surface area contributed by atoms with Gasteiger partial charge in [-0.25, -0.2) is 17.8 Å². The molecule has 0 spiro atoms. The van der Waals surface area contributed by atoms with Gasteiger partial charge in [-0.3, -0.25) is 4.79 Å². The van der Waals surface area contributed by atoms with Gasteiger partial charge in [0.15, 0.2) is 5.13 Å². The molecular weight excluding hydrogens is 465 g/mol. The zero-order valence-electron chi connectivity index (χ0n) is 16.5. The molecule has 1 saturated heterocycles. The van der Waals surface area contributed by atoms with E-state index in [4.69, 9.17) is 16.3 Å². The number of nitrogens with zero attached hydrogens (tertiary/aromatic N) is 2. The summed E-state index contributed by atoms with van der Waals surface area (Å²) in [5, 5.41) is 3.71. The minimum absolute atomic E-state index is 0.133. The third kappa shape index (κ3) is 4.25. The van der Waals surface area contributed by atoms with Crippen LogP contribution in [0.4, 0.5) is 9.52 Å². The predicted octanol–water partition coefficient (Wildman–Crippen LogP) is 4.14. The first-order valence-electron chi connectivity index (χ1n) is 9.50. The van der Waals surface area contributed by atoms with Crippen LogP contribution in [-0.2, 0) is 14.8 Å². The number of hydrogen-bond donors (Lipinski definition) is 1. The Morgan fingerprint density at radius 1 is 1.26 bits per heavy atom. The molecule has 31 heavy (non-hydrogen) atoms. The van der Waals surface area contributed by atoms with Gasteiger partial charge in [-0.1, -0.05) is 35.1 Å². The van der Waals surface area contributed by atoms with Crippen molar-refractivity contribution in [2.24, 2.45) is 5.92 Å². The Labute approximate surface area is 187 Å². The number of carbonyl (C=O) groups excluding carboxylic acids is 1. The van der Waals surface area contributed by atoms with E-state index in [9.17, 15) is 17.6 Å². The van der Waals surface area contributed by atoms with E-state index in [2.05, 4.69) is 10.3 Å². The zero-order valence-corrected chi connectivity index (χ0v) is 18.9. The molecule has 2 heterocycles. The summed E-state index contributed by atoms with van der Waals surface area (Å²) in [7, 11) is -2.41. The quantitative estimate of drug-likeness (QED) is 0.589. The van der Waals surface area contributed by atoms with Gasteiger partial charge in [0, 0.05) is 19.0 Å². The molecule has 1 aliphatic heterocycles. The Morgan fingerprint density at radius 2 is 1.97 bits per heavy atom. The molecule has 0 saturated carbocycles. The number of sulfonamides is 1. The molecule has 0 bridgehead atoms. The summed E-state index contributed by atoms with van der Waals surface area (Å²) in [6.45, 7) is 0.266. The topological polar surface area (TPSA) is 88.6 Å². The van der Waals surface area contributed by atoms with Crippen LogP contribution in [0.5, 0.6) is 5.75 Å². The Morgan fingerprint density at radius 3 is 2.65 bits per heavy atom. The summed E-state index contributed by atoms with van der Waals surface area (Å²) < 4.78 is 46.6. The van der Waals surface area contributed by atoms with E-state index >= 15 is 0 Å². The first-order chi connectivity index (χ1) is 14.8. The fourth-order valence-corrected chi connectivity index (χ4v) is 6.22. The van der Waals surface area contributed by atoms with Crippen LogP contribution in [-0.4, -0.2) is 43.8 Å². The lowest BCUT2D eigenvalue weighted by Gasteiger charge is -2.30. The van der Waals surface area contributed by atoms with E-state index in [1.165, 1.54) is 41.0 Å². The second-order valence-electron chi connectivity index (χ2n) is 7.04. The average molecular weight is 484 g/mol. The number of methoxy groups -OCH3 is 1. The predicted molar refractivity (Wildman–Crippen MR) is 118 cm³/mol. The molecule has 164 valence electrons. The highest BCUT2D eigenvalue weighted by Gasteiger charge is 2.33. The molecule has 4 rings (SSSR count). The third-order valence-corrected chi connectivity index (χ3v) is 8.55. The van der Waals surface area contributed by atoms with Crippen molar-refractivity contribution >= 4 is 54.2 Å². The van der Waals surface area contributed by atoms with Crippen LogP contribution in [0, 0.1) is 11.7 Å². The lowest BCUT2D eigenvalue weighted by molar-refractivity contribution is -0.120. The molecule has 3 aromatic rings. The lowest BCUT2D eigenvalue weighted by atomic mass is 9.97. The maximum atomic E-state index is 14.0. The molecule has 1 amide bonds. The Balaban J connectivity index is 1.44. The molecule has 2 aromatic carbocycles. The van der Waals surface area contributed by atoms with E-state index < -0.39 is 15.8 Å². The highest BCUT2D eigenvalue weighted by Crippen LogP contribution is 2.37. The lowest BCUT2D eigenvalue weighted by Crippen LogP contribution is -2.41. The highest BCUT2D eigenvalue weighted by molar-refractivity contribution is 7.89. The van der Waals surface area contributed by atoms with Crippen LogP contribution in [0.25, 0.3) is 10.2 Å². The normalized spacial score (nSPS) is 15.8. The van der Waals surface area contributed by atoms with E-state index in [0.717, 1.165) is 6.07 Å². The Hall–Kier alpha value is -2.27. The number of rotatable bonds is 5. The van der Waals surface area contributed by atoms with Crippen LogP contribution in [0.2, 0.25) is 5.02 Å². The van der Waals surface area contributed by atoms with Crippen molar-refractivity contribution in [1.82, 2.24) is 9.29 Å². The number of carbonyl (C=O) groups is 1. The number of anilines is 1. The number of fused-ring (bicyclic) bond motifs is 1. The molecule has 0 aliphatic carbocycles. The van der Waals surface area contributed by atoms with Crippen molar-refractivity contribution in [3.63, 3.8) is 0 Å². The summed E-state index contributed by atoms with van der Waals surface area (Å²) in [6.07, 6.45) is 0.656. The minimum Gasteiger partial charge on any atom is -0.494 e. The Bertz CT molecular complexity index is 1240. The van der Waals surface area contributed by atoms with E-state index in [1.54, 1.807) is 12.1 Å². The Kier molecular flexibility index (Phi) is 6.16. The minimum atomic E-state index is -3.94. The van der Waals surface area contributed by atoms with Crippen LogP contribution in [0.15, 0.2) is 41.3 Å². The SMILES string of the molecule is COc1ccc(Cl)c2sc(NC(=O)C3CCN(S(=O)(=O)c4ccccc4F)CC3)nc12. The van der Waals surface area contributed by atoms with Gasteiger partial charge in [-0.15, -0.1) is 0 Å². The largest absolute Gasteiger partial charge is 0.494 e. The molecule has 11 heteroatoms. The van der Waals surface area contributed by atoms with Crippen molar-refractivity contribution in [3.05, 3.63) is 47.2 Å². The monoisotopic (exact) mass is 483 g/mol. The van der Waals surface area contributed by atoms with E-state index in [0.29, 0.717) is 39.0 Å². The fraction of sp³-hybridized carbons (Fsp3) is 0.300. The van der Waals surface area contributed by atoms with Crippen LogP contribution < -0.4 is 10.1 Å². The van der Waals surface area contributed by atoms with Gasteiger partial charge in [0.25, 0.3) is 0 Å². The van der Waals surface area contributed by atoms with Gasteiger partial charge in [0.05, 0.1) is 16.8 Å². The number of hydrogen-bond acceptors (Lipinski definition) is 6. The molecule has 1 aromatic heterocycles. The number of piperidine rings is 1. The third-order valence-electron chi connectivity index (χ3n) is 5.19. The molecule has 1 N–H and O–H groups in total. The number of nitrogens with one attached hydrogen (secondary N) is 1. The summed E-state index contributed by atoms with van der Waals surface area (Å²) in [6, 6.07) is 8.70. The number of aromatic nitrogens is 1. The van der Waals surface area contributed by atoms with E-state index in [1.807, 2.05) is 0 Å². The summed E-state index contributed by atoms with van der Waals surface area (Å²) >= 11 is 7.46. The smallest absolute Gasteiger partial charge is 0.245 e. The second-order valence-corrected chi connectivity index (χ2v) is 10.4. The second kappa shape index (κ2) is 8.70. The molecular formula is C20H19ClFN3O4S2. The van der Waals surface area contributed by atoms with Gasteiger partial charge in [-0.05, 0) is 37.1 Å². The van der Waals surface area contributed by atoms with Crippen LogP contribution in [0.1, 0.15) is 12.8 Å². The van der Waals surface area contributed by atoms with Crippen molar-refractivity contribution in [1.29, 1.82) is 0 Å². The van der Waals surface area contributed by atoms with Crippen LogP contribution >= 0.6 is 22.9 Å². The number of amides is 1. The molecule has 0 radical (unpaired) electrons. The number of halogens is 2. The van der Waals surface area contributed by atoms with Gasteiger partial charge in [-0.2, -0.15) is 4.31 Å².